The first-order chi connectivity index (χ1) is 6.83. The molecule has 0 amide bonds. The second-order valence-electron chi connectivity index (χ2n) is 5.07. The van der Waals surface area contributed by atoms with Crippen molar-refractivity contribution in [1.82, 2.24) is 0 Å². The zero-order valence-corrected chi connectivity index (χ0v) is 10.8. The molecule has 1 aliphatic rings. The predicted molar refractivity (Wildman–Crippen MR) is 67.3 cm³/mol. The van der Waals surface area contributed by atoms with Crippen LogP contribution in [-0.4, -0.2) is 17.3 Å². The molecule has 0 bridgehead atoms. The van der Waals surface area contributed by atoms with Crippen LogP contribution in [0.1, 0.15) is 34.6 Å². The molecule has 0 atom stereocenters. The summed E-state index contributed by atoms with van der Waals surface area (Å²) in [4.78, 5) is 0. The molecule has 1 rings (SSSR count). The van der Waals surface area contributed by atoms with Gasteiger partial charge in [0.25, 0.3) is 0 Å². The van der Waals surface area contributed by atoms with Crippen molar-refractivity contribution in [3.63, 3.8) is 0 Å². The molecule has 0 aliphatic heterocycles. The van der Waals surface area contributed by atoms with Crippen LogP contribution in [0.15, 0.2) is 35.6 Å². The van der Waals surface area contributed by atoms with E-state index >= 15 is 0 Å². The second kappa shape index (κ2) is 4.18. The third-order valence-corrected chi connectivity index (χ3v) is 2.82. The lowest BCUT2D eigenvalue weighted by Gasteiger charge is -2.14. The van der Waals surface area contributed by atoms with Gasteiger partial charge in [-0.05, 0) is 13.0 Å². The Balaban J connectivity index is 3.27. The summed E-state index contributed by atoms with van der Waals surface area (Å²) in [6.45, 7) is 10.9. The van der Waals surface area contributed by atoms with Crippen molar-refractivity contribution in [3.05, 3.63) is 35.6 Å². The molecular formula is C14H22N+. The first kappa shape index (κ1) is 12.0. The van der Waals surface area contributed by atoms with Crippen LogP contribution < -0.4 is 0 Å². The highest BCUT2D eigenvalue weighted by Gasteiger charge is 2.20. The maximum Gasteiger partial charge on any atom is 0.204 e. The summed E-state index contributed by atoms with van der Waals surface area (Å²) in [5.74, 6) is 0. The average molecular weight is 204 g/mol. The lowest BCUT2D eigenvalue weighted by molar-refractivity contribution is -0.441. The van der Waals surface area contributed by atoms with Crippen molar-refractivity contribution in [1.29, 1.82) is 0 Å². The van der Waals surface area contributed by atoms with E-state index < -0.39 is 0 Å². The molecule has 1 aliphatic carbocycles. The summed E-state index contributed by atoms with van der Waals surface area (Å²) < 4.78 is 2.25. The Hall–Kier alpha value is -1.11. The van der Waals surface area contributed by atoms with Crippen LogP contribution >= 0.6 is 0 Å². The Morgan fingerprint density at radius 3 is 2.40 bits per heavy atom. The van der Waals surface area contributed by atoms with Crippen LogP contribution in [-0.2, 0) is 0 Å². The van der Waals surface area contributed by atoms with Crippen molar-refractivity contribution in [2.75, 3.05) is 7.05 Å². The highest BCUT2D eigenvalue weighted by molar-refractivity contribution is 5.74. The van der Waals surface area contributed by atoms with Gasteiger partial charge in [0.2, 0.25) is 5.70 Å². The summed E-state index contributed by atoms with van der Waals surface area (Å²) in [6.07, 6.45) is 8.90. The molecule has 0 saturated carbocycles. The van der Waals surface area contributed by atoms with E-state index in [0.717, 1.165) is 0 Å². The molecule has 1 nitrogen and oxygen atoms in total. The molecule has 0 radical (unpaired) electrons. The predicted octanol–water partition coefficient (Wildman–Crippen LogP) is 3.54. The van der Waals surface area contributed by atoms with Gasteiger partial charge in [0.05, 0.1) is 0 Å². The number of hydrogen-bond acceptors (Lipinski definition) is 0. The van der Waals surface area contributed by atoms with Crippen LogP contribution in [0.5, 0.6) is 0 Å². The second-order valence-corrected chi connectivity index (χ2v) is 5.07. The SMILES string of the molecule is CC1=CC=CC(C)(C)C=C1[N+](C)=C(C)C. The van der Waals surface area contributed by atoms with Gasteiger partial charge in [0.15, 0.2) is 5.71 Å². The molecule has 82 valence electrons. The topological polar surface area (TPSA) is 3.01 Å². The van der Waals surface area contributed by atoms with E-state index in [1.54, 1.807) is 0 Å². The Morgan fingerprint density at radius 1 is 1.27 bits per heavy atom. The molecule has 15 heavy (non-hydrogen) atoms. The van der Waals surface area contributed by atoms with Crippen LogP contribution in [0.4, 0.5) is 0 Å². The fraction of sp³-hybridized carbons (Fsp3) is 0.500. The maximum absolute atomic E-state index is 2.33. The van der Waals surface area contributed by atoms with E-state index in [4.69, 9.17) is 0 Å². The van der Waals surface area contributed by atoms with Gasteiger partial charge in [-0.15, -0.1) is 0 Å². The molecule has 0 spiro atoms. The highest BCUT2D eigenvalue weighted by atomic mass is 15.0. The lowest BCUT2D eigenvalue weighted by atomic mass is 9.92. The van der Waals surface area contributed by atoms with E-state index in [2.05, 4.69) is 70.5 Å². The van der Waals surface area contributed by atoms with Gasteiger partial charge in [-0.3, -0.25) is 0 Å². The number of allylic oxidation sites excluding steroid dienone is 5. The third kappa shape index (κ3) is 2.92. The van der Waals surface area contributed by atoms with Crippen molar-refractivity contribution in [2.24, 2.45) is 5.41 Å². The highest BCUT2D eigenvalue weighted by Crippen LogP contribution is 2.27. The third-order valence-electron chi connectivity index (χ3n) is 2.82. The van der Waals surface area contributed by atoms with Gasteiger partial charge in [-0.2, -0.15) is 0 Å². The molecule has 0 saturated heterocycles. The van der Waals surface area contributed by atoms with Crippen LogP contribution in [0, 0.1) is 5.41 Å². The van der Waals surface area contributed by atoms with Crippen LogP contribution in [0.25, 0.3) is 0 Å². The van der Waals surface area contributed by atoms with Gasteiger partial charge in [-0.1, -0.05) is 32.1 Å². The summed E-state index contributed by atoms with van der Waals surface area (Å²) in [6, 6.07) is 0. The van der Waals surface area contributed by atoms with E-state index in [9.17, 15) is 0 Å². The van der Waals surface area contributed by atoms with Gasteiger partial charge < -0.3 is 0 Å². The zero-order valence-electron chi connectivity index (χ0n) is 10.8. The Morgan fingerprint density at radius 2 is 1.87 bits per heavy atom. The number of likely N-dealkylation sites (N-methyl/N-ethyl adjacent to an activating group) is 1. The monoisotopic (exact) mass is 204 g/mol. The van der Waals surface area contributed by atoms with Crippen LogP contribution in [0.2, 0.25) is 0 Å². The van der Waals surface area contributed by atoms with Gasteiger partial charge in [0, 0.05) is 24.8 Å². The van der Waals surface area contributed by atoms with Crippen molar-refractivity contribution in [3.8, 4) is 0 Å². The number of rotatable bonds is 1. The van der Waals surface area contributed by atoms with Crippen molar-refractivity contribution in [2.45, 2.75) is 34.6 Å². The molecule has 0 N–H and O–H groups in total. The normalized spacial score (nSPS) is 19.1. The summed E-state index contributed by atoms with van der Waals surface area (Å²) >= 11 is 0. The summed E-state index contributed by atoms with van der Waals surface area (Å²) in [5.41, 5.74) is 4.07. The van der Waals surface area contributed by atoms with E-state index in [0.29, 0.717) is 0 Å². The first-order valence-electron chi connectivity index (χ1n) is 5.47. The van der Waals surface area contributed by atoms with Gasteiger partial charge >= 0.3 is 0 Å². The molecule has 1 heteroatoms. The standard InChI is InChI=1S/C14H22N/c1-11(2)15(6)13-10-14(4,5)9-7-8-12(13)3/h7-10H,1-6H3/q+1. The minimum atomic E-state index is 0.132. The quantitative estimate of drug-likeness (QED) is 0.454. The smallest absolute Gasteiger partial charge is 0.203 e. The summed E-state index contributed by atoms with van der Waals surface area (Å²) in [7, 11) is 2.12. The zero-order chi connectivity index (χ0) is 11.6. The summed E-state index contributed by atoms with van der Waals surface area (Å²) in [5, 5.41) is 0. The molecule has 0 heterocycles. The van der Waals surface area contributed by atoms with E-state index in [1.807, 2.05) is 0 Å². The number of hydrogen-bond donors (Lipinski definition) is 0. The minimum absolute atomic E-state index is 0.132. The Bertz CT molecular complexity index is 372. The largest absolute Gasteiger partial charge is 0.204 e. The van der Waals surface area contributed by atoms with E-state index in [-0.39, 0.29) is 5.41 Å². The fourth-order valence-corrected chi connectivity index (χ4v) is 1.64. The first-order valence-corrected chi connectivity index (χ1v) is 5.47. The van der Waals surface area contributed by atoms with Gasteiger partial charge in [-0.25, -0.2) is 4.58 Å². The Labute approximate surface area is 93.5 Å². The lowest BCUT2D eigenvalue weighted by Crippen LogP contribution is -2.15. The molecular weight excluding hydrogens is 182 g/mol. The molecule has 0 aromatic heterocycles. The maximum atomic E-state index is 2.33. The minimum Gasteiger partial charge on any atom is -0.203 e. The van der Waals surface area contributed by atoms with Crippen LogP contribution in [0.3, 0.4) is 0 Å². The molecule has 0 aromatic rings. The van der Waals surface area contributed by atoms with Gasteiger partial charge in [0.1, 0.15) is 7.05 Å². The molecule has 0 fully saturated rings. The number of nitrogens with zero attached hydrogens (tertiary/aromatic N) is 1. The van der Waals surface area contributed by atoms with Crippen molar-refractivity contribution >= 4 is 5.71 Å². The van der Waals surface area contributed by atoms with Crippen molar-refractivity contribution < 1.29 is 4.58 Å². The average Bonchev–Trinajstić information content (AvgIpc) is 2.24. The molecule has 0 aromatic carbocycles. The fourth-order valence-electron chi connectivity index (χ4n) is 1.64. The van der Waals surface area contributed by atoms with E-state index in [1.165, 1.54) is 17.0 Å². The molecule has 0 unspecified atom stereocenters. The Kier molecular flexibility index (Phi) is 3.33.